The first-order valence-corrected chi connectivity index (χ1v) is 19.4. The van der Waals surface area contributed by atoms with Crippen molar-refractivity contribution < 1.29 is 8.97 Å². The molecule has 1 heterocycles. The summed E-state index contributed by atoms with van der Waals surface area (Å²) in [7, 11) is 10.0. The second kappa shape index (κ2) is 14.5. The van der Waals surface area contributed by atoms with E-state index in [0.29, 0.717) is 4.87 Å². The second-order valence-electron chi connectivity index (χ2n) is 15.8. The number of unbranched alkanes of at least 4 members (excludes halogenated alkanes) is 12. The SMILES string of the molecule is CCCCCCCCCCCC[N+](C)(C)C1(C)SC1(C)[N+](C)(C)CCCCCCc1ccc2ccc3cccc4ccc1c2c34. The van der Waals surface area contributed by atoms with E-state index in [-0.39, 0.29) is 4.87 Å². The highest BCUT2D eigenvalue weighted by atomic mass is 32.2. The molecule has 246 valence electrons. The summed E-state index contributed by atoms with van der Waals surface area (Å²) in [6.07, 6.45) is 20.6. The van der Waals surface area contributed by atoms with Crippen molar-refractivity contribution in [3.8, 4) is 0 Å². The Morgan fingerprint density at radius 3 is 1.51 bits per heavy atom. The average molecular weight is 629 g/mol. The molecule has 4 aromatic carbocycles. The number of rotatable bonds is 20. The van der Waals surface area contributed by atoms with E-state index in [1.807, 2.05) is 0 Å². The summed E-state index contributed by atoms with van der Waals surface area (Å²) >= 11 is 2.25. The van der Waals surface area contributed by atoms with E-state index < -0.39 is 0 Å². The lowest BCUT2D eigenvalue weighted by molar-refractivity contribution is -0.979. The van der Waals surface area contributed by atoms with Gasteiger partial charge < -0.3 is 8.97 Å². The minimum absolute atomic E-state index is 0.288. The topological polar surface area (TPSA) is 0 Å². The summed E-state index contributed by atoms with van der Waals surface area (Å²) in [4.78, 5) is 0.585. The van der Waals surface area contributed by atoms with Crippen LogP contribution in [0.1, 0.15) is 116 Å². The van der Waals surface area contributed by atoms with Gasteiger partial charge in [0.15, 0.2) is 0 Å². The maximum Gasteiger partial charge on any atom is 0.213 e. The van der Waals surface area contributed by atoms with Crippen LogP contribution in [-0.4, -0.2) is 60.0 Å². The van der Waals surface area contributed by atoms with Crippen LogP contribution in [0.3, 0.4) is 0 Å². The number of hydrogen-bond donors (Lipinski definition) is 0. The molecular formula is C42H64N2S+2. The quantitative estimate of drug-likeness (QED) is 0.0406. The number of benzene rings is 4. The van der Waals surface area contributed by atoms with Crippen molar-refractivity contribution in [1.82, 2.24) is 0 Å². The zero-order valence-corrected chi connectivity index (χ0v) is 30.8. The summed E-state index contributed by atoms with van der Waals surface area (Å²) in [6.45, 7) is 10.0. The van der Waals surface area contributed by atoms with Crippen molar-refractivity contribution in [2.24, 2.45) is 0 Å². The molecule has 45 heavy (non-hydrogen) atoms. The van der Waals surface area contributed by atoms with Crippen LogP contribution in [0.15, 0.2) is 54.6 Å². The predicted octanol–water partition coefficient (Wildman–Crippen LogP) is 11.9. The molecule has 2 atom stereocenters. The normalized spacial score (nSPS) is 20.6. The third-order valence-electron chi connectivity index (χ3n) is 12.1. The van der Waals surface area contributed by atoms with Crippen molar-refractivity contribution in [2.75, 3.05) is 41.3 Å². The monoisotopic (exact) mass is 628 g/mol. The van der Waals surface area contributed by atoms with Crippen molar-refractivity contribution in [3.05, 3.63) is 60.2 Å². The van der Waals surface area contributed by atoms with E-state index in [9.17, 15) is 0 Å². The third-order valence-corrected chi connectivity index (χ3v) is 14.5. The zero-order chi connectivity index (χ0) is 32.1. The van der Waals surface area contributed by atoms with Crippen molar-refractivity contribution in [3.63, 3.8) is 0 Å². The Labute approximate surface area is 280 Å². The molecule has 0 aromatic heterocycles. The van der Waals surface area contributed by atoms with Crippen LogP contribution >= 0.6 is 11.8 Å². The molecule has 3 heteroatoms. The molecule has 2 unspecified atom stereocenters. The molecule has 0 saturated carbocycles. The van der Waals surface area contributed by atoms with Crippen LogP contribution < -0.4 is 0 Å². The molecular weight excluding hydrogens is 565 g/mol. The lowest BCUT2D eigenvalue weighted by Gasteiger charge is -2.43. The average Bonchev–Trinajstić information content (AvgIpc) is 3.63. The zero-order valence-electron chi connectivity index (χ0n) is 30.0. The van der Waals surface area contributed by atoms with Gasteiger partial charge in [0.1, 0.15) is 0 Å². The van der Waals surface area contributed by atoms with E-state index in [1.54, 1.807) is 0 Å². The second-order valence-corrected chi connectivity index (χ2v) is 17.6. The summed E-state index contributed by atoms with van der Waals surface area (Å²) in [5.74, 6) is 0. The summed E-state index contributed by atoms with van der Waals surface area (Å²) in [5.41, 5.74) is 1.52. The fourth-order valence-electron chi connectivity index (χ4n) is 8.34. The molecule has 0 bridgehead atoms. The molecule has 1 aliphatic rings. The van der Waals surface area contributed by atoms with Crippen LogP contribution in [0, 0.1) is 0 Å². The van der Waals surface area contributed by atoms with Crippen LogP contribution in [0.2, 0.25) is 0 Å². The molecule has 0 aliphatic carbocycles. The lowest BCUT2D eigenvalue weighted by Crippen LogP contribution is -2.62. The molecule has 2 nitrogen and oxygen atoms in total. The molecule has 0 N–H and O–H groups in total. The largest absolute Gasteiger partial charge is 0.309 e. The van der Waals surface area contributed by atoms with Crippen LogP contribution in [0.4, 0.5) is 0 Å². The number of thioether (sulfide) groups is 1. The first-order valence-electron chi connectivity index (χ1n) is 18.6. The molecule has 0 amide bonds. The first kappa shape index (κ1) is 34.5. The Morgan fingerprint density at radius 1 is 0.511 bits per heavy atom. The van der Waals surface area contributed by atoms with E-state index in [2.05, 4.69) is 115 Å². The fourth-order valence-corrected chi connectivity index (χ4v) is 10.2. The molecule has 1 saturated heterocycles. The molecule has 0 spiro atoms. The van der Waals surface area contributed by atoms with E-state index in [1.165, 1.54) is 147 Å². The molecule has 1 aliphatic heterocycles. The van der Waals surface area contributed by atoms with Gasteiger partial charge in [-0.3, -0.25) is 0 Å². The number of aryl methyl sites for hydroxylation is 1. The van der Waals surface area contributed by atoms with Gasteiger partial charge in [0.25, 0.3) is 0 Å². The standard InChI is InChI=1S/C42H64N2S/c1-8-9-10-11-12-13-14-15-17-20-32-43(4,5)41(2)42(3,45-41)44(6,7)33-21-18-16-19-23-34-26-27-37-29-28-35-24-22-25-36-30-31-38(34)40(37)39(35)36/h22,24-31H,8-21,23,32-33H2,1-7H3/q+2. The van der Waals surface area contributed by atoms with Crippen molar-refractivity contribution in [2.45, 2.75) is 127 Å². The highest BCUT2D eigenvalue weighted by molar-refractivity contribution is 8.09. The predicted molar refractivity (Wildman–Crippen MR) is 203 cm³/mol. The smallest absolute Gasteiger partial charge is 0.213 e. The minimum atomic E-state index is 0.288. The van der Waals surface area contributed by atoms with Crippen LogP contribution in [0.5, 0.6) is 0 Å². The third kappa shape index (κ3) is 7.21. The summed E-state index contributed by atoms with van der Waals surface area (Å²) in [5, 5.41) is 8.48. The van der Waals surface area contributed by atoms with Crippen LogP contribution in [0.25, 0.3) is 32.3 Å². The van der Waals surface area contributed by atoms with Gasteiger partial charge in [-0.05, 0) is 88.2 Å². The molecule has 0 radical (unpaired) electrons. The Morgan fingerprint density at radius 2 is 0.956 bits per heavy atom. The lowest BCUT2D eigenvalue weighted by atomic mass is 9.90. The van der Waals surface area contributed by atoms with Gasteiger partial charge >= 0.3 is 0 Å². The highest BCUT2D eigenvalue weighted by Gasteiger charge is 2.81. The van der Waals surface area contributed by atoms with E-state index in [0.717, 1.165) is 8.97 Å². The van der Waals surface area contributed by atoms with Gasteiger partial charge in [-0.25, -0.2) is 0 Å². The minimum Gasteiger partial charge on any atom is -0.309 e. The molecule has 5 rings (SSSR count). The fraction of sp³-hybridized carbons (Fsp3) is 0.619. The number of quaternary nitrogens is 2. The maximum atomic E-state index is 2.56. The van der Waals surface area contributed by atoms with Gasteiger partial charge in [-0.1, -0.05) is 119 Å². The van der Waals surface area contributed by atoms with Gasteiger partial charge in [-0.2, -0.15) is 0 Å². The highest BCUT2D eigenvalue weighted by Crippen LogP contribution is 2.70. The van der Waals surface area contributed by atoms with Gasteiger partial charge in [0, 0.05) is 13.8 Å². The first-order chi connectivity index (χ1) is 21.5. The van der Waals surface area contributed by atoms with Gasteiger partial charge in [-0.15, -0.1) is 0 Å². The summed E-state index contributed by atoms with van der Waals surface area (Å²) < 4.78 is 2.27. The molecule has 1 fully saturated rings. The Hall–Kier alpha value is -1.81. The number of nitrogens with zero attached hydrogens (tertiary/aromatic N) is 2. The Bertz CT molecular complexity index is 1510. The van der Waals surface area contributed by atoms with Crippen LogP contribution in [-0.2, 0) is 6.42 Å². The van der Waals surface area contributed by atoms with E-state index >= 15 is 0 Å². The van der Waals surface area contributed by atoms with Crippen molar-refractivity contribution in [1.29, 1.82) is 0 Å². The molecule has 4 aromatic rings. The van der Waals surface area contributed by atoms with E-state index in [4.69, 9.17) is 0 Å². The van der Waals surface area contributed by atoms with Gasteiger partial charge in [0.2, 0.25) is 9.74 Å². The van der Waals surface area contributed by atoms with Gasteiger partial charge in [0.05, 0.1) is 41.3 Å². The summed E-state index contributed by atoms with van der Waals surface area (Å²) in [6, 6.07) is 20.7. The number of likely N-dealkylation sites (N-methyl/N-ethyl adjacent to an activating group) is 2. The maximum absolute atomic E-state index is 2.56. The Kier molecular flexibility index (Phi) is 11.1. The van der Waals surface area contributed by atoms with Crippen molar-refractivity contribution >= 4 is 44.1 Å². The number of hydrogen-bond acceptors (Lipinski definition) is 1. The Balaban J connectivity index is 1.04.